The Balaban J connectivity index is 1.59. The average molecular weight is 590 g/mol. The Morgan fingerprint density at radius 1 is 1.10 bits per heavy atom. The van der Waals surface area contributed by atoms with Gasteiger partial charge in [0.1, 0.15) is 5.75 Å². The number of benzene rings is 2. The van der Waals surface area contributed by atoms with E-state index < -0.39 is 17.7 Å². The number of carboxylic acids is 1. The maximum absolute atomic E-state index is 13.7. The van der Waals surface area contributed by atoms with Gasteiger partial charge >= 0.3 is 12.1 Å². The number of fused-ring (bicyclic) bond motifs is 1. The summed E-state index contributed by atoms with van der Waals surface area (Å²) in [5.74, 6) is -0.847. The summed E-state index contributed by atoms with van der Waals surface area (Å²) in [5.41, 5.74) is 0.280. The zero-order valence-corrected chi connectivity index (χ0v) is 24.1. The van der Waals surface area contributed by atoms with E-state index in [-0.39, 0.29) is 40.0 Å². The Morgan fingerprint density at radius 2 is 1.80 bits per heavy atom. The van der Waals surface area contributed by atoms with Gasteiger partial charge in [-0.3, -0.25) is 4.90 Å². The summed E-state index contributed by atoms with van der Waals surface area (Å²) in [6.07, 6.45) is 0.891. The predicted octanol–water partition coefficient (Wildman–Crippen LogP) is 7.51. The molecule has 3 aromatic rings. The topological polar surface area (TPSA) is 65.9 Å². The number of ether oxygens (including phenoxy) is 1. The molecule has 220 valence electrons. The molecule has 0 spiro atoms. The van der Waals surface area contributed by atoms with Crippen LogP contribution in [0.4, 0.5) is 13.2 Å². The number of aromatic nitrogens is 1. The molecule has 3 heterocycles. The lowest BCUT2D eigenvalue weighted by Gasteiger charge is -2.40. The van der Waals surface area contributed by atoms with Crippen LogP contribution in [0, 0.1) is 0 Å². The van der Waals surface area contributed by atoms with Crippen molar-refractivity contribution in [2.45, 2.75) is 70.8 Å². The van der Waals surface area contributed by atoms with Crippen LogP contribution in [-0.2, 0) is 12.7 Å². The first kappa shape index (κ1) is 29.6. The van der Waals surface area contributed by atoms with Crippen LogP contribution in [0.1, 0.15) is 67.4 Å². The molecule has 5 rings (SSSR count). The molecule has 0 aliphatic carbocycles. The SMILES string of the molecule is CC(C)Oc1cc2c(C(=O)O)c(CN3CCC(N4CCCCC4)CC3)c(-c3cccc(C(F)(F)F)c3)nc2cc1Cl. The van der Waals surface area contributed by atoms with Crippen LogP contribution in [0.15, 0.2) is 36.4 Å². The number of likely N-dealkylation sites (tertiary alicyclic amines) is 2. The second kappa shape index (κ2) is 12.2. The van der Waals surface area contributed by atoms with Crippen molar-refractivity contribution >= 4 is 28.5 Å². The molecule has 2 fully saturated rings. The highest BCUT2D eigenvalue weighted by atomic mass is 35.5. The minimum absolute atomic E-state index is 0.00541. The van der Waals surface area contributed by atoms with Crippen molar-refractivity contribution in [1.82, 2.24) is 14.8 Å². The van der Waals surface area contributed by atoms with Gasteiger partial charge in [0.15, 0.2) is 0 Å². The Bertz CT molecular complexity index is 1420. The molecule has 1 N–H and O–H groups in total. The number of hydrogen-bond donors (Lipinski definition) is 1. The summed E-state index contributed by atoms with van der Waals surface area (Å²) < 4.78 is 46.8. The van der Waals surface area contributed by atoms with E-state index >= 15 is 0 Å². The van der Waals surface area contributed by atoms with Crippen LogP contribution in [0.3, 0.4) is 0 Å². The second-order valence-corrected chi connectivity index (χ2v) is 11.7. The van der Waals surface area contributed by atoms with E-state index in [2.05, 4.69) is 9.80 Å². The number of hydrogen-bond acceptors (Lipinski definition) is 5. The van der Waals surface area contributed by atoms with Crippen LogP contribution in [0.25, 0.3) is 22.2 Å². The molecule has 0 radical (unpaired) electrons. The number of nitrogens with zero attached hydrogens (tertiary/aromatic N) is 3. The molecule has 0 amide bonds. The molecule has 2 aliphatic rings. The predicted molar refractivity (Wildman–Crippen MR) is 154 cm³/mol. The Hall–Kier alpha value is -2.88. The van der Waals surface area contributed by atoms with Gasteiger partial charge in [0.2, 0.25) is 0 Å². The highest BCUT2D eigenvalue weighted by Gasteiger charge is 2.32. The van der Waals surface area contributed by atoms with E-state index in [9.17, 15) is 23.1 Å². The molecule has 0 unspecified atom stereocenters. The number of halogens is 4. The third kappa shape index (κ3) is 6.63. The zero-order chi connectivity index (χ0) is 29.3. The van der Waals surface area contributed by atoms with Crippen molar-refractivity contribution in [2.75, 3.05) is 26.2 Å². The number of piperidine rings is 2. The maximum atomic E-state index is 13.7. The summed E-state index contributed by atoms with van der Waals surface area (Å²) in [7, 11) is 0. The first-order valence-electron chi connectivity index (χ1n) is 14.2. The Kier molecular flexibility index (Phi) is 8.78. The highest BCUT2D eigenvalue weighted by Crippen LogP contribution is 2.39. The number of carboxylic acid groups (broad SMARTS) is 1. The van der Waals surface area contributed by atoms with Gasteiger partial charge in [-0.25, -0.2) is 9.78 Å². The molecule has 1 aromatic heterocycles. The van der Waals surface area contributed by atoms with Crippen molar-refractivity contribution < 1.29 is 27.8 Å². The summed E-state index contributed by atoms with van der Waals surface area (Å²) in [6, 6.07) is 8.50. The van der Waals surface area contributed by atoms with Gasteiger partial charge in [0.05, 0.1) is 33.5 Å². The lowest BCUT2D eigenvalue weighted by atomic mass is 9.94. The third-order valence-electron chi connectivity index (χ3n) is 8.03. The largest absolute Gasteiger partial charge is 0.489 e. The van der Waals surface area contributed by atoms with Gasteiger partial charge in [-0.2, -0.15) is 13.2 Å². The van der Waals surface area contributed by atoms with Crippen LogP contribution in [0.2, 0.25) is 5.02 Å². The summed E-state index contributed by atoms with van der Waals surface area (Å²) in [6.45, 7) is 7.70. The zero-order valence-electron chi connectivity index (χ0n) is 23.3. The normalized spacial score (nSPS) is 17.8. The van der Waals surface area contributed by atoms with Gasteiger partial charge in [-0.15, -0.1) is 0 Å². The quantitative estimate of drug-likeness (QED) is 0.308. The first-order chi connectivity index (χ1) is 19.5. The van der Waals surface area contributed by atoms with Crippen LogP contribution < -0.4 is 4.74 Å². The molecule has 0 atom stereocenters. The minimum Gasteiger partial charge on any atom is -0.489 e. The molecule has 10 heteroatoms. The van der Waals surface area contributed by atoms with Gasteiger partial charge in [-0.1, -0.05) is 30.2 Å². The summed E-state index contributed by atoms with van der Waals surface area (Å²) in [5, 5.41) is 11.1. The fourth-order valence-corrected chi connectivity index (χ4v) is 6.28. The second-order valence-electron chi connectivity index (χ2n) is 11.3. The van der Waals surface area contributed by atoms with E-state index in [0.717, 1.165) is 51.2 Å². The molecule has 0 bridgehead atoms. The Labute approximate surface area is 243 Å². The minimum atomic E-state index is -4.55. The number of rotatable bonds is 7. The maximum Gasteiger partial charge on any atom is 0.416 e. The first-order valence-corrected chi connectivity index (χ1v) is 14.6. The molecule has 0 saturated carbocycles. The van der Waals surface area contributed by atoms with Crippen LogP contribution >= 0.6 is 11.6 Å². The van der Waals surface area contributed by atoms with E-state index in [1.807, 2.05) is 13.8 Å². The molecule has 2 saturated heterocycles. The van der Waals surface area contributed by atoms with Crippen molar-refractivity contribution in [3.8, 4) is 17.0 Å². The summed E-state index contributed by atoms with van der Waals surface area (Å²) in [4.78, 5) is 22.4. The van der Waals surface area contributed by atoms with E-state index in [1.165, 1.54) is 31.4 Å². The van der Waals surface area contributed by atoms with E-state index in [4.69, 9.17) is 21.3 Å². The Morgan fingerprint density at radius 3 is 2.44 bits per heavy atom. The van der Waals surface area contributed by atoms with Crippen LogP contribution in [0.5, 0.6) is 5.75 Å². The van der Waals surface area contributed by atoms with E-state index in [0.29, 0.717) is 22.7 Å². The number of aromatic carboxylic acids is 1. The number of carbonyl (C=O) groups is 1. The fraction of sp³-hybridized carbons (Fsp3) is 0.484. The summed E-state index contributed by atoms with van der Waals surface area (Å²) >= 11 is 6.46. The van der Waals surface area contributed by atoms with Crippen molar-refractivity contribution in [1.29, 1.82) is 0 Å². The number of pyridine rings is 1. The van der Waals surface area contributed by atoms with Crippen molar-refractivity contribution in [3.05, 3.63) is 58.1 Å². The smallest absolute Gasteiger partial charge is 0.416 e. The monoisotopic (exact) mass is 589 g/mol. The van der Waals surface area contributed by atoms with E-state index in [1.54, 1.807) is 12.1 Å². The molecule has 2 aliphatic heterocycles. The highest BCUT2D eigenvalue weighted by molar-refractivity contribution is 6.33. The molecular weight excluding hydrogens is 555 g/mol. The molecule has 6 nitrogen and oxygen atoms in total. The molecule has 41 heavy (non-hydrogen) atoms. The van der Waals surface area contributed by atoms with Crippen molar-refractivity contribution in [3.63, 3.8) is 0 Å². The lowest BCUT2D eigenvalue weighted by Crippen LogP contribution is -2.46. The standard InChI is InChI=1S/C31H35ClF3N3O3/c1-19(2)41-27-16-23-26(17-25(27)32)36-29(20-7-6-8-21(15-20)31(33,34)35)24(28(23)30(39)40)18-37-13-9-22(10-14-37)38-11-4-3-5-12-38/h6-8,15-17,19,22H,3-5,9-14,18H2,1-2H3,(H,39,40). The lowest BCUT2D eigenvalue weighted by molar-refractivity contribution is -0.137. The molecular formula is C31H35ClF3N3O3. The van der Waals surface area contributed by atoms with Gasteiger partial charge in [-0.05, 0) is 90.0 Å². The number of alkyl halides is 3. The van der Waals surface area contributed by atoms with Crippen molar-refractivity contribution in [2.24, 2.45) is 0 Å². The van der Waals surface area contributed by atoms with Gasteiger partial charge in [0.25, 0.3) is 0 Å². The average Bonchev–Trinajstić information content (AvgIpc) is 2.93. The molecule has 2 aromatic carbocycles. The van der Waals surface area contributed by atoms with Crippen LogP contribution in [-0.4, -0.2) is 64.2 Å². The third-order valence-corrected chi connectivity index (χ3v) is 8.32. The fourth-order valence-electron chi connectivity index (χ4n) is 6.08. The van der Waals surface area contributed by atoms with Gasteiger partial charge in [0, 0.05) is 29.1 Å². The van der Waals surface area contributed by atoms with Gasteiger partial charge < -0.3 is 14.7 Å².